The topological polar surface area (TPSA) is 75.7 Å². The maximum atomic E-state index is 13.1. The zero-order valence-electron chi connectivity index (χ0n) is 18.4. The van der Waals surface area contributed by atoms with Crippen molar-refractivity contribution in [2.45, 2.75) is 43.9 Å². The zero-order valence-corrected chi connectivity index (χ0v) is 19.2. The van der Waals surface area contributed by atoms with Crippen LogP contribution in [0.15, 0.2) is 53.4 Å². The molecule has 1 fully saturated rings. The van der Waals surface area contributed by atoms with Crippen molar-refractivity contribution in [1.29, 1.82) is 0 Å². The van der Waals surface area contributed by atoms with Gasteiger partial charge in [0, 0.05) is 19.6 Å². The number of amides is 1. The van der Waals surface area contributed by atoms with Gasteiger partial charge in [-0.15, -0.1) is 0 Å². The molecule has 1 unspecified atom stereocenters. The maximum absolute atomic E-state index is 13.1. The van der Waals surface area contributed by atoms with Crippen molar-refractivity contribution in [2.75, 3.05) is 26.2 Å². The van der Waals surface area contributed by atoms with Crippen LogP contribution in [0.25, 0.3) is 0 Å². The average Bonchev–Trinajstić information content (AvgIpc) is 2.81. The van der Waals surface area contributed by atoms with Crippen LogP contribution in [0.1, 0.15) is 38.2 Å². The molecule has 1 aliphatic rings. The van der Waals surface area contributed by atoms with E-state index in [0.717, 1.165) is 42.7 Å². The molecule has 2 aromatic rings. The number of benzene rings is 2. The third-order valence-electron chi connectivity index (χ3n) is 5.56. The van der Waals surface area contributed by atoms with Crippen molar-refractivity contribution < 1.29 is 22.3 Å². The van der Waals surface area contributed by atoms with Crippen LogP contribution >= 0.6 is 0 Å². The highest BCUT2D eigenvalue weighted by Crippen LogP contribution is 2.24. The van der Waals surface area contributed by atoms with E-state index in [9.17, 15) is 17.6 Å². The van der Waals surface area contributed by atoms with Crippen molar-refractivity contribution in [3.63, 3.8) is 0 Å². The molecule has 0 aliphatic carbocycles. The summed E-state index contributed by atoms with van der Waals surface area (Å²) in [6.45, 7) is 3.75. The molecule has 0 bridgehead atoms. The highest BCUT2D eigenvalue weighted by Gasteiger charge is 2.33. The van der Waals surface area contributed by atoms with Gasteiger partial charge in [-0.3, -0.25) is 4.79 Å². The second-order valence-corrected chi connectivity index (χ2v) is 9.94. The summed E-state index contributed by atoms with van der Waals surface area (Å²) in [4.78, 5) is 12.7. The Hall–Kier alpha value is -2.45. The van der Waals surface area contributed by atoms with E-state index in [0.29, 0.717) is 32.5 Å². The Kier molecular flexibility index (Phi) is 8.64. The fourth-order valence-corrected chi connectivity index (χ4v) is 5.35. The second-order valence-electron chi connectivity index (χ2n) is 8.01. The van der Waals surface area contributed by atoms with Gasteiger partial charge in [-0.05, 0) is 68.0 Å². The van der Waals surface area contributed by atoms with Crippen LogP contribution in [0.4, 0.5) is 4.39 Å². The first-order valence-electron chi connectivity index (χ1n) is 11.2. The number of carbonyl (C=O) groups excluding carboxylic acids is 1. The number of hydrogen-bond donors (Lipinski definition) is 1. The van der Waals surface area contributed by atoms with Crippen LogP contribution in [-0.2, 0) is 21.2 Å². The Labute approximate surface area is 189 Å². The Morgan fingerprint density at radius 3 is 2.69 bits per heavy atom. The molecule has 1 heterocycles. The first kappa shape index (κ1) is 24.2. The largest absolute Gasteiger partial charge is 0.493 e. The summed E-state index contributed by atoms with van der Waals surface area (Å²) in [7, 11) is -3.75. The van der Waals surface area contributed by atoms with Gasteiger partial charge in [0.25, 0.3) is 0 Å². The summed E-state index contributed by atoms with van der Waals surface area (Å²) in [5.74, 6) is -0.118. The van der Waals surface area contributed by atoms with E-state index in [-0.39, 0.29) is 23.3 Å². The number of ether oxygens (including phenoxy) is 1. The Morgan fingerprint density at radius 1 is 1.19 bits per heavy atom. The molecule has 1 atom stereocenters. The second kappa shape index (κ2) is 11.4. The van der Waals surface area contributed by atoms with Gasteiger partial charge in [0.05, 0.1) is 17.4 Å². The molecule has 8 heteroatoms. The number of nitrogens with zero attached hydrogens (tertiary/aromatic N) is 1. The summed E-state index contributed by atoms with van der Waals surface area (Å²) in [5.41, 5.74) is 1.12. The molecule has 1 amide bonds. The minimum Gasteiger partial charge on any atom is -0.493 e. The zero-order chi connectivity index (χ0) is 23.0. The van der Waals surface area contributed by atoms with Gasteiger partial charge in [-0.1, -0.05) is 25.1 Å². The molecule has 1 aliphatic heterocycles. The number of piperidine rings is 1. The van der Waals surface area contributed by atoms with Crippen molar-refractivity contribution in [3.8, 4) is 5.75 Å². The average molecular weight is 463 g/mol. The lowest BCUT2D eigenvalue weighted by Crippen LogP contribution is -2.45. The highest BCUT2D eigenvalue weighted by atomic mass is 32.2. The van der Waals surface area contributed by atoms with E-state index < -0.39 is 15.8 Å². The molecule has 174 valence electrons. The monoisotopic (exact) mass is 462 g/mol. The fraction of sp³-hybridized carbons (Fsp3) is 0.458. The van der Waals surface area contributed by atoms with E-state index >= 15 is 0 Å². The van der Waals surface area contributed by atoms with E-state index in [1.165, 1.54) is 16.4 Å². The first-order valence-corrected chi connectivity index (χ1v) is 12.6. The predicted molar refractivity (Wildman–Crippen MR) is 121 cm³/mol. The number of aryl methyl sites for hydroxylation is 1. The summed E-state index contributed by atoms with van der Waals surface area (Å²) >= 11 is 0. The molecular formula is C24H31FN2O4S. The summed E-state index contributed by atoms with van der Waals surface area (Å²) in [6, 6.07) is 12.7. The molecule has 32 heavy (non-hydrogen) atoms. The minimum absolute atomic E-state index is 0.0453. The van der Waals surface area contributed by atoms with E-state index in [2.05, 4.69) is 12.2 Å². The SMILES string of the molecule is CCCOc1ccccc1CCCNC(=O)C1CCCN(S(=O)(=O)c2ccc(F)cc2)C1. The minimum atomic E-state index is -3.75. The smallest absolute Gasteiger partial charge is 0.243 e. The molecule has 1 saturated heterocycles. The third-order valence-corrected chi connectivity index (χ3v) is 7.44. The van der Waals surface area contributed by atoms with Crippen molar-refractivity contribution in [1.82, 2.24) is 9.62 Å². The lowest BCUT2D eigenvalue weighted by atomic mass is 9.99. The number of carbonyl (C=O) groups is 1. The van der Waals surface area contributed by atoms with Crippen LogP contribution in [0.2, 0.25) is 0 Å². The lowest BCUT2D eigenvalue weighted by molar-refractivity contribution is -0.126. The molecule has 0 aromatic heterocycles. The number of rotatable bonds is 10. The van der Waals surface area contributed by atoms with Gasteiger partial charge in [-0.25, -0.2) is 12.8 Å². The summed E-state index contributed by atoms with van der Waals surface area (Å²) in [5, 5.41) is 2.95. The normalized spacial score (nSPS) is 17.1. The Bertz CT molecular complexity index is 995. The molecule has 3 rings (SSSR count). The van der Waals surface area contributed by atoms with Crippen LogP contribution < -0.4 is 10.1 Å². The predicted octanol–water partition coefficient (Wildman–Crippen LogP) is 3.76. The van der Waals surface area contributed by atoms with Gasteiger partial charge in [0.15, 0.2) is 0 Å². The van der Waals surface area contributed by atoms with Crippen LogP contribution in [0.3, 0.4) is 0 Å². The van der Waals surface area contributed by atoms with Crippen LogP contribution in [0, 0.1) is 11.7 Å². The van der Waals surface area contributed by atoms with Gasteiger partial charge in [0.1, 0.15) is 11.6 Å². The maximum Gasteiger partial charge on any atom is 0.243 e. The van der Waals surface area contributed by atoms with Gasteiger partial charge in [0.2, 0.25) is 15.9 Å². The summed E-state index contributed by atoms with van der Waals surface area (Å²) in [6.07, 6.45) is 3.76. The van der Waals surface area contributed by atoms with Gasteiger partial charge in [-0.2, -0.15) is 4.31 Å². The molecule has 0 radical (unpaired) electrons. The van der Waals surface area contributed by atoms with Gasteiger partial charge < -0.3 is 10.1 Å². The van der Waals surface area contributed by atoms with Crippen LogP contribution in [0.5, 0.6) is 5.75 Å². The molecule has 0 spiro atoms. The molecule has 6 nitrogen and oxygen atoms in total. The number of hydrogen-bond acceptors (Lipinski definition) is 4. The van der Waals surface area contributed by atoms with Crippen molar-refractivity contribution in [2.24, 2.45) is 5.92 Å². The molecule has 0 saturated carbocycles. The molecular weight excluding hydrogens is 431 g/mol. The number of para-hydroxylation sites is 1. The number of sulfonamides is 1. The van der Waals surface area contributed by atoms with Crippen molar-refractivity contribution >= 4 is 15.9 Å². The molecule has 2 aromatic carbocycles. The Balaban J connectivity index is 1.50. The lowest BCUT2D eigenvalue weighted by Gasteiger charge is -2.31. The fourth-order valence-electron chi connectivity index (χ4n) is 3.83. The van der Waals surface area contributed by atoms with E-state index in [4.69, 9.17) is 4.74 Å². The van der Waals surface area contributed by atoms with E-state index in [1.54, 1.807) is 0 Å². The highest BCUT2D eigenvalue weighted by molar-refractivity contribution is 7.89. The van der Waals surface area contributed by atoms with Crippen LogP contribution in [-0.4, -0.2) is 44.9 Å². The quantitative estimate of drug-likeness (QED) is 0.546. The number of halogens is 1. The standard InChI is InChI=1S/C24H31FN2O4S/c1-2-17-31-23-10-4-3-7-19(23)8-5-15-26-24(28)20-9-6-16-27(18-20)32(29,30)22-13-11-21(25)12-14-22/h3-4,7,10-14,20H,2,5-6,8-9,15-18H2,1H3,(H,26,28). The number of nitrogens with one attached hydrogen (secondary N) is 1. The first-order chi connectivity index (χ1) is 15.4. The van der Waals surface area contributed by atoms with E-state index in [1.807, 2.05) is 24.3 Å². The Morgan fingerprint density at radius 2 is 1.94 bits per heavy atom. The van der Waals surface area contributed by atoms with Crippen molar-refractivity contribution in [3.05, 3.63) is 59.9 Å². The summed E-state index contributed by atoms with van der Waals surface area (Å²) < 4.78 is 46.0. The molecule has 1 N–H and O–H groups in total. The van der Waals surface area contributed by atoms with Gasteiger partial charge >= 0.3 is 0 Å². The third kappa shape index (κ3) is 6.29.